The van der Waals surface area contributed by atoms with Gasteiger partial charge in [-0.25, -0.2) is 9.59 Å². The SMILES string of the molecule is Cc1cn([C@H]2C[C@H](O)[C@@H](COC(=O)OC(C)Cl)O2)c(=O)[nH]c1=O. The number of rotatable bonds is 4. The average molecular weight is 349 g/mol. The van der Waals surface area contributed by atoms with Crippen molar-refractivity contribution in [3.05, 3.63) is 32.6 Å². The third-order valence-corrected chi connectivity index (χ3v) is 3.37. The maximum atomic E-state index is 11.8. The second kappa shape index (κ2) is 7.16. The first-order valence-corrected chi connectivity index (χ1v) is 7.34. The number of aryl methyl sites for hydroxylation is 1. The van der Waals surface area contributed by atoms with Crippen LogP contribution in [0.2, 0.25) is 0 Å². The minimum atomic E-state index is -0.983. The lowest BCUT2D eigenvalue weighted by Crippen LogP contribution is -2.33. The molecular formula is C13H17ClN2O7. The molecule has 0 aromatic carbocycles. The summed E-state index contributed by atoms with van der Waals surface area (Å²) in [5.41, 5.74) is -1.63. The summed E-state index contributed by atoms with van der Waals surface area (Å²) in [6.45, 7) is 2.74. The van der Waals surface area contributed by atoms with E-state index in [1.165, 1.54) is 17.7 Å². The first-order chi connectivity index (χ1) is 10.8. The Morgan fingerprint density at radius 2 is 2.30 bits per heavy atom. The standard InChI is InChI=1S/C13H17ClN2O7/c1-6-4-16(12(19)15-11(6)18)10-3-8(17)9(23-10)5-21-13(20)22-7(2)14/h4,7-10,17H,3,5H2,1-2H3,(H,15,18,19)/t7?,8-,9+,10+/m0/s1. The Morgan fingerprint density at radius 3 is 2.96 bits per heavy atom. The van der Waals surface area contributed by atoms with Gasteiger partial charge in [0, 0.05) is 18.2 Å². The Morgan fingerprint density at radius 1 is 1.61 bits per heavy atom. The molecule has 0 amide bonds. The summed E-state index contributed by atoms with van der Waals surface area (Å²) in [6, 6.07) is 0. The molecule has 23 heavy (non-hydrogen) atoms. The second-order valence-electron chi connectivity index (χ2n) is 5.13. The van der Waals surface area contributed by atoms with Crippen LogP contribution in [0.25, 0.3) is 0 Å². The molecule has 0 bridgehead atoms. The fourth-order valence-corrected chi connectivity index (χ4v) is 2.23. The molecule has 1 aliphatic rings. The van der Waals surface area contributed by atoms with Gasteiger partial charge in [0.25, 0.3) is 5.56 Å². The summed E-state index contributed by atoms with van der Waals surface area (Å²) >= 11 is 5.47. The monoisotopic (exact) mass is 348 g/mol. The Labute approximate surface area is 135 Å². The largest absolute Gasteiger partial charge is 0.509 e. The van der Waals surface area contributed by atoms with E-state index in [0.717, 1.165) is 0 Å². The van der Waals surface area contributed by atoms with Gasteiger partial charge in [-0.1, -0.05) is 11.6 Å². The molecule has 1 aromatic heterocycles. The van der Waals surface area contributed by atoms with Crippen LogP contribution >= 0.6 is 11.6 Å². The topological polar surface area (TPSA) is 120 Å². The lowest BCUT2D eigenvalue weighted by Gasteiger charge is -2.16. The number of H-pyrrole nitrogens is 1. The van der Waals surface area contributed by atoms with Gasteiger partial charge in [0.15, 0.2) is 5.56 Å². The molecule has 2 heterocycles. The molecule has 128 valence electrons. The third-order valence-electron chi connectivity index (χ3n) is 3.28. The van der Waals surface area contributed by atoms with E-state index < -0.39 is 41.4 Å². The number of aromatic nitrogens is 2. The van der Waals surface area contributed by atoms with E-state index in [1.54, 1.807) is 6.92 Å². The zero-order valence-electron chi connectivity index (χ0n) is 12.5. The normalized spacial score (nSPS) is 25.1. The Balaban J connectivity index is 2.01. The zero-order chi connectivity index (χ0) is 17.1. The van der Waals surface area contributed by atoms with E-state index in [0.29, 0.717) is 5.56 Å². The molecule has 10 heteroatoms. The van der Waals surface area contributed by atoms with Crippen molar-refractivity contribution in [1.29, 1.82) is 0 Å². The van der Waals surface area contributed by atoms with Crippen LogP contribution in [0.3, 0.4) is 0 Å². The number of nitrogens with one attached hydrogen (secondary N) is 1. The fraction of sp³-hybridized carbons (Fsp3) is 0.615. The molecule has 1 fully saturated rings. The van der Waals surface area contributed by atoms with Crippen LogP contribution in [-0.2, 0) is 14.2 Å². The number of hydrogen-bond acceptors (Lipinski definition) is 7. The Hall–Kier alpha value is -1.84. The molecule has 9 nitrogen and oxygen atoms in total. The number of ether oxygens (including phenoxy) is 3. The van der Waals surface area contributed by atoms with E-state index in [-0.39, 0.29) is 13.0 Å². The van der Waals surface area contributed by atoms with Gasteiger partial charge in [0.2, 0.25) is 0 Å². The van der Waals surface area contributed by atoms with E-state index in [9.17, 15) is 19.5 Å². The van der Waals surface area contributed by atoms with Crippen LogP contribution < -0.4 is 11.2 Å². The first-order valence-electron chi connectivity index (χ1n) is 6.91. The van der Waals surface area contributed by atoms with Gasteiger partial charge >= 0.3 is 11.8 Å². The van der Waals surface area contributed by atoms with Gasteiger partial charge in [0.1, 0.15) is 18.9 Å². The third kappa shape index (κ3) is 4.34. The highest BCUT2D eigenvalue weighted by molar-refractivity contribution is 6.19. The molecule has 2 rings (SSSR count). The number of halogens is 1. The maximum absolute atomic E-state index is 11.8. The van der Waals surface area contributed by atoms with Gasteiger partial charge < -0.3 is 19.3 Å². The molecule has 0 spiro atoms. The number of carbonyl (C=O) groups is 1. The summed E-state index contributed by atoms with van der Waals surface area (Å²) in [4.78, 5) is 36.6. The van der Waals surface area contributed by atoms with Crippen LogP contribution in [-0.4, -0.2) is 45.2 Å². The summed E-state index contributed by atoms with van der Waals surface area (Å²) in [6.07, 6.45) is -2.06. The van der Waals surface area contributed by atoms with Crippen molar-refractivity contribution in [2.24, 2.45) is 0 Å². The van der Waals surface area contributed by atoms with Gasteiger partial charge in [-0.3, -0.25) is 14.3 Å². The highest BCUT2D eigenvalue weighted by Crippen LogP contribution is 2.27. The Kier molecular flexibility index (Phi) is 5.45. The van der Waals surface area contributed by atoms with E-state index in [1.807, 2.05) is 0 Å². The molecule has 1 aromatic rings. The van der Waals surface area contributed by atoms with E-state index in [4.69, 9.17) is 21.1 Å². The van der Waals surface area contributed by atoms with E-state index >= 15 is 0 Å². The molecule has 0 aliphatic carbocycles. The van der Waals surface area contributed by atoms with Crippen molar-refractivity contribution < 1.29 is 24.1 Å². The molecular weight excluding hydrogens is 332 g/mol. The molecule has 0 radical (unpaired) electrons. The number of carbonyl (C=O) groups excluding carboxylic acids is 1. The van der Waals surface area contributed by atoms with Crippen LogP contribution in [0.15, 0.2) is 15.8 Å². The van der Waals surface area contributed by atoms with Crippen molar-refractivity contribution in [3.8, 4) is 0 Å². The zero-order valence-corrected chi connectivity index (χ0v) is 13.3. The van der Waals surface area contributed by atoms with Gasteiger partial charge in [0.05, 0.1) is 6.10 Å². The predicted molar refractivity (Wildman–Crippen MR) is 78.3 cm³/mol. The van der Waals surface area contributed by atoms with Crippen LogP contribution in [0, 0.1) is 6.92 Å². The quantitative estimate of drug-likeness (QED) is 0.590. The smallest absolute Gasteiger partial charge is 0.431 e. The van der Waals surface area contributed by atoms with Crippen molar-refractivity contribution in [2.75, 3.05) is 6.61 Å². The highest BCUT2D eigenvalue weighted by Gasteiger charge is 2.36. The number of aliphatic hydroxyl groups excluding tert-OH is 1. The van der Waals surface area contributed by atoms with Crippen LogP contribution in [0.1, 0.15) is 25.1 Å². The summed E-state index contributed by atoms with van der Waals surface area (Å²) in [7, 11) is 0. The summed E-state index contributed by atoms with van der Waals surface area (Å²) in [5.74, 6) is 0. The van der Waals surface area contributed by atoms with Gasteiger partial charge in [-0.05, 0) is 13.8 Å². The summed E-state index contributed by atoms with van der Waals surface area (Å²) in [5, 5.41) is 9.96. The number of nitrogens with zero attached hydrogens (tertiary/aromatic N) is 1. The highest BCUT2D eigenvalue weighted by atomic mass is 35.5. The average Bonchev–Trinajstić information content (AvgIpc) is 2.81. The molecule has 0 saturated carbocycles. The van der Waals surface area contributed by atoms with Crippen molar-refractivity contribution in [3.63, 3.8) is 0 Å². The van der Waals surface area contributed by atoms with Gasteiger partial charge in [-0.2, -0.15) is 0 Å². The molecule has 1 unspecified atom stereocenters. The molecule has 1 saturated heterocycles. The van der Waals surface area contributed by atoms with Crippen molar-refractivity contribution in [1.82, 2.24) is 9.55 Å². The lowest BCUT2D eigenvalue weighted by atomic mass is 10.2. The lowest BCUT2D eigenvalue weighted by molar-refractivity contribution is -0.0595. The number of hydrogen-bond donors (Lipinski definition) is 2. The van der Waals surface area contributed by atoms with E-state index in [2.05, 4.69) is 9.72 Å². The Bertz CT molecular complexity index is 684. The summed E-state index contributed by atoms with van der Waals surface area (Å²) < 4.78 is 16.1. The van der Waals surface area contributed by atoms with Crippen LogP contribution in [0.4, 0.5) is 4.79 Å². The maximum Gasteiger partial charge on any atom is 0.509 e. The molecule has 2 N–H and O–H groups in total. The molecule has 4 atom stereocenters. The van der Waals surface area contributed by atoms with Crippen molar-refractivity contribution >= 4 is 17.8 Å². The minimum Gasteiger partial charge on any atom is -0.431 e. The van der Waals surface area contributed by atoms with Gasteiger partial charge in [-0.15, -0.1) is 0 Å². The minimum absolute atomic E-state index is 0.111. The first kappa shape index (κ1) is 17.5. The second-order valence-corrected chi connectivity index (χ2v) is 5.75. The fourth-order valence-electron chi connectivity index (χ4n) is 2.15. The number of aliphatic hydroxyl groups is 1. The van der Waals surface area contributed by atoms with Crippen molar-refractivity contribution in [2.45, 2.75) is 44.3 Å². The number of aromatic amines is 1. The predicted octanol–water partition coefficient (Wildman–Crippen LogP) is 0.231. The van der Waals surface area contributed by atoms with Crippen LogP contribution in [0.5, 0.6) is 0 Å². The molecule has 1 aliphatic heterocycles. The number of alkyl halides is 1.